The molecular formula is C13H15N3O2. The Balaban J connectivity index is 2.33. The highest BCUT2D eigenvalue weighted by Gasteiger charge is 2.02. The Labute approximate surface area is 106 Å². The molecule has 0 aliphatic carbocycles. The Morgan fingerprint density at radius 2 is 2.06 bits per heavy atom. The molecule has 0 atom stereocenters. The Bertz CT molecular complexity index is 460. The number of ether oxygens (including phenoxy) is 1. The summed E-state index contributed by atoms with van der Waals surface area (Å²) in [5.74, 6) is 0.243. The third kappa shape index (κ3) is 4.58. The molecule has 0 aliphatic rings. The fraction of sp³-hybridized carbons (Fsp3) is 0.231. The van der Waals surface area contributed by atoms with E-state index in [1.807, 2.05) is 13.0 Å². The number of benzene rings is 1. The van der Waals surface area contributed by atoms with Gasteiger partial charge in [0, 0.05) is 5.70 Å². The van der Waals surface area contributed by atoms with Crippen LogP contribution in [0.25, 0.3) is 0 Å². The average Bonchev–Trinajstić information content (AvgIpc) is 2.42. The van der Waals surface area contributed by atoms with Crippen LogP contribution in [0, 0.1) is 11.3 Å². The van der Waals surface area contributed by atoms with E-state index in [-0.39, 0.29) is 12.5 Å². The smallest absolute Gasteiger partial charge is 0.276 e. The summed E-state index contributed by atoms with van der Waals surface area (Å²) in [6, 6.07) is 8.55. The van der Waals surface area contributed by atoms with Gasteiger partial charge in [0.05, 0.1) is 11.6 Å². The number of hydrazine groups is 1. The lowest BCUT2D eigenvalue weighted by atomic mass is 10.2. The van der Waals surface area contributed by atoms with Crippen LogP contribution >= 0.6 is 0 Å². The molecule has 5 nitrogen and oxygen atoms in total. The molecular weight excluding hydrogens is 230 g/mol. The first-order chi connectivity index (χ1) is 8.65. The predicted octanol–water partition coefficient (Wildman–Crippen LogP) is 1.48. The fourth-order valence-electron chi connectivity index (χ4n) is 1.06. The van der Waals surface area contributed by atoms with Crippen LogP contribution in [-0.2, 0) is 4.79 Å². The number of nitriles is 1. The highest BCUT2D eigenvalue weighted by molar-refractivity contribution is 5.77. The molecule has 18 heavy (non-hydrogen) atoms. The molecule has 0 fully saturated rings. The number of nitrogens with one attached hydrogen (secondary N) is 2. The molecule has 1 aromatic carbocycles. The van der Waals surface area contributed by atoms with Crippen molar-refractivity contribution in [2.45, 2.75) is 13.3 Å². The number of amides is 1. The highest BCUT2D eigenvalue weighted by Crippen LogP contribution is 2.10. The molecule has 1 amide bonds. The van der Waals surface area contributed by atoms with Gasteiger partial charge >= 0.3 is 0 Å². The van der Waals surface area contributed by atoms with Gasteiger partial charge in [0.1, 0.15) is 5.75 Å². The van der Waals surface area contributed by atoms with E-state index in [1.165, 1.54) is 0 Å². The van der Waals surface area contributed by atoms with E-state index < -0.39 is 0 Å². The first kappa shape index (κ1) is 13.6. The lowest BCUT2D eigenvalue weighted by molar-refractivity contribution is -0.123. The van der Waals surface area contributed by atoms with Gasteiger partial charge in [0.15, 0.2) is 6.61 Å². The van der Waals surface area contributed by atoms with Crippen LogP contribution in [0.1, 0.15) is 18.9 Å². The van der Waals surface area contributed by atoms with E-state index in [4.69, 9.17) is 10.00 Å². The Morgan fingerprint density at radius 1 is 1.39 bits per heavy atom. The van der Waals surface area contributed by atoms with Crippen LogP contribution < -0.4 is 15.6 Å². The maximum atomic E-state index is 11.4. The zero-order valence-electron chi connectivity index (χ0n) is 10.2. The minimum atomic E-state index is -0.297. The maximum absolute atomic E-state index is 11.4. The summed E-state index contributed by atoms with van der Waals surface area (Å²) in [6.45, 7) is 5.51. The van der Waals surface area contributed by atoms with Crippen molar-refractivity contribution in [3.05, 3.63) is 42.1 Å². The lowest BCUT2D eigenvalue weighted by Gasteiger charge is -2.10. The number of allylic oxidation sites excluding steroid dienone is 1. The second-order valence-electron chi connectivity index (χ2n) is 3.56. The zero-order chi connectivity index (χ0) is 13.4. The second-order valence-corrected chi connectivity index (χ2v) is 3.56. The number of carbonyl (C=O) groups excluding carboxylic acids is 1. The summed E-state index contributed by atoms with van der Waals surface area (Å²) in [5.41, 5.74) is 6.40. The van der Waals surface area contributed by atoms with Crippen molar-refractivity contribution in [2.24, 2.45) is 0 Å². The van der Waals surface area contributed by atoms with E-state index in [0.29, 0.717) is 11.3 Å². The lowest BCUT2D eigenvalue weighted by Crippen LogP contribution is -2.39. The van der Waals surface area contributed by atoms with Gasteiger partial charge in [-0.3, -0.25) is 10.2 Å². The summed E-state index contributed by atoms with van der Waals surface area (Å²) in [6.07, 6.45) is 0.733. The fourth-order valence-corrected chi connectivity index (χ4v) is 1.06. The minimum Gasteiger partial charge on any atom is -0.484 e. The molecule has 0 aromatic heterocycles. The molecule has 1 rings (SSSR count). The molecule has 0 radical (unpaired) electrons. The topological polar surface area (TPSA) is 74.2 Å². The van der Waals surface area contributed by atoms with Crippen LogP contribution in [-0.4, -0.2) is 12.5 Å². The second kappa shape index (κ2) is 6.97. The molecule has 0 saturated carbocycles. The third-order valence-corrected chi connectivity index (χ3v) is 2.16. The van der Waals surface area contributed by atoms with E-state index in [9.17, 15) is 4.79 Å². The van der Waals surface area contributed by atoms with Crippen molar-refractivity contribution in [1.82, 2.24) is 10.9 Å². The number of nitrogens with zero attached hydrogens (tertiary/aromatic N) is 1. The van der Waals surface area contributed by atoms with E-state index in [0.717, 1.165) is 12.1 Å². The van der Waals surface area contributed by atoms with E-state index in [1.54, 1.807) is 24.3 Å². The summed E-state index contributed by atoms with van der Waals surface area (Å²) in [5, 5.41) is 8.62. The summed E-state index contributed by atoms with van der Waals surface area (Å²) >= 11 is 0. The minimum absolute atomic E-state index is 0.101. The summed E-state index contributed by atoms with van der Waals surface area (Å²) in [7, 11) is 0. The molecule has 94 valence electrons. The van der Waals surface area contributed by atoms with Crippen LogP contribution in [0.15, 0.2) is 36.5 Å². The zero-order valence-corrected chi connectivity index (χ0v) is 10.2. The maximum Gasteiger partial charge on any atom is 0.276 e. The number of rotatable bonds is 6. The SMILES string of the molecule is C=C(CC)NNC(=O)COc1ccc(C#N)cc1. The van der Waals surface area contributed by atoms with Gasteiger partial charge in [-0.05, 0) is 30.7 Å². The van der Waals surface area contributed by atoms with Gasteiger partial charge in [0.2, 0.25) is 0 Å². The first-order valence-corrected chi connectivity index (χ1v) is 5.51. The molecule has 5 heteroatoms. The van der Waals surface area contributed by atoms with Crippen LogP contribution in [0.3, 0.4) is 0 Å². The van der Waals surface area contributed by atoms with Gasteiger partial charge in [-0.2, -0.15) is 5.26 Å². The van der Waals surface area contributed by atoms with Gasteiger partial charge in [0.25, 0.3) is 5.91 Å². The van der Waals surface area contributed by atoms with Crippen molar-refractivity contribution in [3.63, 3.8) is 0 Å². The standard InChI is InChI=1S/C13H15N3O2/c1-3-10(2)15-16-13(17)9-18-12-6-4-11(8-14)5-7-12/h4-7,15H,2-3,9H2,1H3,(H,16,17). The quantitative estimate of drug-likeness (QED) is 0.744. The molecule has 0 saturated heterocycles. The van der Waals surface area contributed by atoms with Crippen molar-refractivity contribution in [2.75, 3.05) is 6.61 Å². The van der Waals surface area contributed by atoms with Crippen molar-refractivity contribution >= 4 is 5.91 Å². The van der Waals surface area contributed by atoms with E-state index >= 15 is 0 Å². The normalized spacial score (nSPS) is 9.11. The molecule has 0 spiro atoms. The number of hydrogen-bond donors (Lipinski definition) is 2. The van der Waals surface area contributed by atoms with Gasteiger partial charge < -0.3 is 10.2 Å². The molecule has 0 aliphatic heterocycles. The van der Waals surface area contributed by atoms with Crippen LogP contribution in [0.2, 0.25) is 0 Å². The van der Waals surface area contributed by atoms with Crippen LogP contribution in [0.4, 0.5) is 0 Å². The molecule has 1 aromatic rings. The number of carbonyl (C=O) groups is 1. The molecule has 2 N–H and O–H groups in total. The van der Waals surface area contributed by atoms with Crippen molar-refractivity contribution in [3.8, 4) is 11.8 Å². The monoisotopic (exact) mass is 245 g/mol. The molecule has 0 bridgehead atoms. The average molecular weight is 245 g/mol. The Hall–Kier alpha value is -2.48. The molecule has 0 heterocycles. The van der Waals surface area contributed by atoms with Gasteiger partial charge in [-0.1, -0.05) is 13.5 Å². The van der Waals surface area contributed by atoms with Crippen LogP contribution in [0.5, 0.6) is 5.75 Å². The van der Waals surface area contributed by atoms with E-state index in [2.05, 4.69) is 17.4 Å². The Morgan fingerprint density at radius 3 is 2.61 bits per heavy atom. The van der Waals surface area contributed by atoms with Gasteiger partial charge in [-0.25, -0.2) is 0 Å². The summed E-state index contributed by atoms with van der Waals surface area (Å²) in [4.78, 5) is 11.4. The predicted molar refractivity (Wildman–Crippen MR) is 67.4 cm³/mol. The largest absolute Gasteiger partial charge is 0.484 e. The summed E-state index contributed by atoms with van der Waals surface area (Å²) < 4.78 is 5.24. The van der Waals surface area contributed by atoms with Crippen molar-refractivity contribution < 1.29 is 9.53 Å². The highest BCUT2D eigenvalue weighted by atomic mass is 16.5. The van der Waals surface area contributed by atoms with Gasteiger partial charge in [-0.15, -0.1) is 0 Å². The van der Waals surface area contributed by atoms with Crippen molar-refractivity contribution in [1.29, 1.82) is 5.26 Å². The third-order valence-electron chi connectivity index (χ3n) is 2.16. The number of hydrogen-bond acceptors (Lipinski definition) is 4. The first-order valence-electron chi connectivity index (χ1n) is 5.51. The molecule has 0 unspecified atom stereocenters. The Kier molecular flexibility index (Phi) is 5.26.